The Kier molecular flexibility index (Phi) is 3.38. The molecule has 2 aromatic rings. The van der Waals surface area contributed by atoms with E-state index in [1.807, 2.05) is 6.92 Å². The second-order valence-corrected chi connectivity index (χ2v) is 6.60. The van der Waals surface area contributed by atoms with Gasteiger partial charge in [-0.15, -0.1) is 11.3 Å². The van der Waals surface area contributed by atoms with Crippen molar-refractivity contribution in [2.24, 2.45) is 5.92 Å². The molecule has 1 aliphatic rings. The second-order valence-electron chi connectivity index (χ2n) is 5.52. The molecule has 106 valence electrons. The molecule has 1 N–H and O–H groups in total. The summed E-state index contributed by atoms with van der Waals surface area (Å²) in [5, 5.41) is 3.59. The topological polar surface area (TPSA) is 55.1 Å². The molecular weight excluding hydrogens is 272 g/mol. The van der Waals surface area contributed by atoms with Crippen molar-refractivity contribution in [1.82, 2.24) is 4.98 Å². The number of aryl methyl sites for hydroxylation is 3. The van der Waals surface area contributed by atoms with E-state index >= 15 is 0 Å². The number of rotatable bonds is 2. The third-order valence-electron chi connectivity index (χ3n) is 3.69. The van der Waals surface area contributed by atoms with Gasteiger partial charge in [-0.2, -0.15) is 0 Å². The van der Waals surface area contributed by atoms with Crippen LogP contribution in [0.25, 0.3) is 0 Å². The van der Waals surface area contributed by atoms with Crippen LogP contribution < -0.4 is 5.32 Å². The lowest BCUT2D eigenvalue weighted by Gasteiger charge is -2.15. The summed E-state index contributed by atoms with van der Waals surface area (Å²) in [6.07, 6.45) is 3.28. The summed E-state index contributed by atoms with van der Waals surface area (Å²) in [7, 11) is 0. The average molecular weight is 290 g/mol. The quantitative estimate of drug-likeness (QED) is 0.917. The standard InChI is InChI=1S/C15H18N2O2S/c1-8-4-5-12-13(6-8)20-15(16-12)17-14(18)11-7-9(2)19-10(11)3/h7-8H,4-6H2,1-3H3,(H,16,17,18). The molecule has 3 rings (SSSR count). The molecule has 0 saturated heterocycles. The van der Waals surface area contributed by atoms with Crippen LogP contribution in [-0.2, 0) is 12.8 Å². The zero-order valence-corrected chi connectivity index (χ0v) is 12.8. The second kappa shape index (κ2) is 5.05. The Labute approximate surface area is 122 Å². The Hall–Kier alpha value is -1.62. The van der Waals surface area contributed by atoms with Crippen LogP contribution in [0.15, 0.2) is 10.5 Å². The highest BCUT2D eigenvalue weighted by Gasteiger charge is 2.21. The van der Waals surface area contributed by atoms with E-state index in [0.29, 0.717) is 22.4 Å². The first-order chi connectivity index (χ1) is 9.52. The van der Waals surface area contributed by atoms with Gasteiger partial charge in [0.15, 0.2) is 5.13 Å². The van der Waals surface area contributed by atoms with Gasteiger partial charge in [0.05, 0.1) is 11.3 Å². The molecule has 2 aromatic heterocycles. The molecule has 1 aliphatic carbocycles. The lowest BCUT2D eigenvalue weighted by molar-refractivity contribution is 0.102. The molecule has 4 nitrogen and oxygen atoms in total. The number of nitrogens with one attached hydrogen (secondary N) is 1. The van der Waals surface area contributed by atoms with Crippen molar-refractivity contribution in [1.29, 1.82) is 0 Å². The van der Waals surface area contributed by atoms with Crippen LogP contribution in [0.1, 0.15) is 45.8 Å². The van der Waals surface area contributed by atoms with Gasteiger partial charge in [0.2, 0.25) is 0 Å². The Balaban J connectivity index is 1.78. The fraction of sp³-hybridized carbons (Fsp3) is 0.467. The number of hydrogen-bond donors (Lipinski definition) is 1. The average Bonchev–Trinajstić information content (AvgIpc) is 2.91. The van der Waals surface area contributed by atoms with Crippen molar-refractivity contribution in [2.45, 2.75) is 40.0 Å². The monoisotopic (exact) mass is 290 g/mol. The molecule has 1 atom stereocenters. The number of furan rings is 1. The van der Waals surface area contributed by atoms with Gasteiger partial charge in [-0.3, -0.25) is 10.1 Å². The van der Waals surface area contributed by atoms with E-state index in [-0.39, 0.29) is 5.91 Å². The van der Waals surface area contributed by atoms with Crippen molar-refractivity contribution in [3.8, 4) is 0 Å². The maximum absolute atomic E-state index is 12.2. The number of aromatic nitrogens is 1. The van der Waals surface area contributed by atoms with E-state index in [1.54, 1.807) is 24.3 Å². The van der Waals surface area contributed by atoms with Crippen LogP contribution in [0, 0.1) is 19.8 Å². The van der Waals surface area contributed by atoms with Gasteiger partial charge in [-0.1, -0.05) is 6.92 Å². The highest BCUT2D eigenvalue weighted by Crippen LogP contribution is 2.32. The van der Waals surface area contributed by atoms with Gasteiger partial charge in [-0.05, 0) is 45.1 Å². The van der Waals surface area contributed by atoms with E-state index < -0.39 is 0 Å². The van der Waals surface area contributed by atoms with E-state index in [1.165, 1.54) is 11.3 Å². The number of anilines is 1. The molecule has 1 amide bonds. The van der Waals surface area contributed by atoms with Crippen molar-refractivity contribution in [2.75, 3.05) is 5.32 Å². The Morgan fingerprint density at radius 1 is 1.50 bits per heavy atom. The van der Waals surface area contributed by atoms with E-state index in [4.69, 9.17) is 4.42 Å². The van der Waals surface area contributed by atoms with E-state index in [2.05, 4.69) is 17.2 Å². The molecule has 0 bridgehead atoms. The molecular formula is C15H18N2O2S. The lowest BCUT2D eigenvalue weighted by atomic mass is 9.93. The SMILES string of the molecule is Cc1cc(C(=O)Nc2nc3c(s2)CC(C)CC3)c(C)o1. The van der Waals surface area contributed by atoms with Crippen molar-refractivity contribution in [3.05, 3.63) is 33.7 Å². The van der Waals surface area contributed by atoms with Crippen LogP contribution >= 0.6 is 11.3 Å². The molecule has 0 aromatic carbocycles. The Morgan fingerprint density at radius 2 is 2.30 bits per heavy atom. The number of nitrogens with zero attached hydrogens (tertiary/aromatic N) is 1. The minimum atomic E-state index is -0.140. The third kappa shape index (κ3) is 2.50. The summed E-state index contributed by atoms with van der Waals surface area (Å²) >= 11 is 1.60. The fourth-order valence-corrected chi connectivity index (χ4v) is 3.78. The first kappa shape index (κ1) is 13.4. The van der Waals surface area contributed by atoms with Gasteiger partial charge in [0.1, 0.15) is 11.5 Å². The van der Waals surface area contributed by atoms with Gasteiger partial charge >= 0.3 is 0 Å². The van der Waals surface area contributed by atoms with Crippen molar-refractivity contribution < 1.29 is 9.21 Å². The van der Waals surface area contributed by atoms with Crippen molar-refractivity contribution in [3.63, 3.8) is 0 Å². The predicted molar refractivity (Wildman–Crippen MR) is 79.4 cm³/mol. The fourth-order valence-electron chi connectivity index (χ4n) is 2.61. The number of carbonyl (C=O) groups is 1. The number of hydrogen-bond acceptors (Lipinski definition) is 4. The van der Waals surface area contributed by atoms with Crippen LogP contribution in [0.5, 0.6) is 0 Å². The highest BCUT2D eigenvalue weighted by atomic mass is 32.1. The summed E-state index contributed by atoms with van der Waals surface area (Å²) in [6.45, 7) is 5.91. The lowest BCUT2D eigenvalue weighted by Crippen LogP contribution is -2.12. The smallest absolute Gasteiger partial charge is 0.260 e. The van der Waals surface area contributed by atoms with Gasteiger partial charge in [0, 0.05) is 4.88 Å². The molecule has 0 saturated carbocycles. The first-order valence-corrected chi connectivity index (χ1v) is 7.71. The maximum Gasteiger partial charge on any atom is 0.260 e. The number of thiazole rings is 1. The summed E-state index contributed by atoms with van der Waals surface area (Å²) in [5.74, 6) is 1.97. The largest absolute Gasteiger partial charge is 0.466 e. The van der Waals surface area contributed by atoms with E-state index in [9.17, 15) is 4.79 Å². The highest BCUT2D eigenvalue weighted by molar-refractivity contribution is 7.15. The number of fused-ring (bicyclic) bond motifs is 1. The van der Waals surface area contributed by atoms with Crippen molar-refractivity contribution >= 4 is 22.4 Å². The normalized spacial score (nSPS) is 17.9. The van der Waals surface area contributed by atoms with Crippen LogP contribution in [0.3, 0.4) is 0 Å². The van der Waals surface area contributed by atoms with Crippen LogP contribution in [0.4, 0.5) is 5.13 Å². The number of carbonyl (C=O) groups excluding carboxylic acids is 1. The molecule has 1 unspecified atom stereocenters. The van der Waals surface area contributed by atoms with Crippen LogP contribution in [0.2, 0.25) is 0 Å². The molecule has 0 fully saturated rings. The minimum absolute atomic E-state index is 0.140. The van der Waals surface area contributed by atoms with Gasteiger partial charge in [0.25, 0.3) is 5.91 Å². The Bertz CT molecular complexity index is 657. The van der Waals surface area contributed by atoms with Gasteiger partial charge < -0.3 is 4.42 Å². The third-order valence-corrected chi connectivity index (χ3v) is 4.73. The molecule has 0 aliphatic heterocycles. The summed E-state index contributed by atoms with van der Waals surface area (Å²) in [5.41, 5.74) is 1.74. The zero-order valence-electron chi connectivity index (χ0n) is 11.9. The first-order valence-electron chi connectivity index (χ1n) is 6.90. The molecule has 5 heteroatoms. The maximum atomic E-state index is 12.2. The zero-order chi connectivity index (χ0) is 14.3. The predicted octanol–water partition coefficient (Wildman–Crippen LogP) is 3.73. The summed E-state index contributed by atoms with van der Waals surface area (Å²) in [4.78, 5) is 18.1. The molecule has 0 radical (unpaired) electrons. The molecule has 20 heavy (non-hydrogen) atoms. The molecule has 2 heterocycles. The minimum Gasteiger partial charge on any atom is -0.466 e. The summed E-state index contributed by atoms with van der Waals surface area (Å²) < 4.78 is 5.39. The molecule has 0 spiro atoms. The van der Waals surface area contributed by atoms with Gasteiger partial charge in [-0.25, -0.2) is 4.98 Å². The Morgan fingerprint density at radius 3 is 3.00 bits per heavy atom. The van der Waals surface area contributed by atoms with Crippen LogP contribution in [-0.4, -0.2) is 10.9 Å². The summed E-state index contributed by atoms with van der Waals surface area (Å²) in [6, 6.07) is 1.76. The van der Waals surface area contributed by atoms with E-state index in [0.717, 1.165) is 24.3 Å². The number of amides is 1.